The summed E-state index contributed by atoms with van der Waals surface area (Å²) >= 11 is 0. The molecule has 0 spiro atoms. The molecule has 0 bridgehead atoms. The van der Waals surface area contributed by atoms with E-state index < -0.39 is 11.8 Å². The van der Waals surface area contributed by atoms with Gasteiger partial charge in [-0.25, -0.2) is 14.2 Å². The predicted molar refractivity (Wildman–Crippen MR) is 66.4 cm³/mol. The van der Waals surface area contributed by atoms with Crippen molar-refractivity contribution in [2.75, 3.05) is 0 Å². The molecule has 0 fully saturated rings. The minimum Gasteiger partial charge on any atom is -0.478 e. The van der Waals surface area contributed by atoms with Gasteiger partial charge in [-0.05, 0) is 36.4 Å². The second kappa shape index (κ2) is 4.20. The average molecular weight is 257 g/mol. The number of rotatable bonds is 2. The quantitative estimate of drug-likeness (QED) is 0.764. The number of aromatic nitrogens is 1. The normalized spacial score (nSPS) is 10.8. The summed E-state index contributed by atoms with van der Waals surface area (Å²) in [4.78, 5) is 15.0. The third-order valence-corrected chi connectivity index (χ3v) is 2.73. The maximum absolute atomic E-state index is 13.0. The fourth-order valence-corrected chi connectivity index (χ4v) is 1.78. The first kappa shape index (κ1) is 11.4. The summed E-state index contributed by atoms with van der Waals surface area (Å²) in [6, 6.07) is 10.2. The molecule has 0 saturated carbocycles. The molecule has 0 amide bonds. The Morgan fingerprint density at radius 2 is 1.89 bits per heavy atom. The summed E-state index contributed by atoms with van der Waals surface area (Å²) in [6.45, 7) is 0. The highest BCUT2D eigenvalue weighted by atomic mass is 19.1. The average Bonchev–Trinajstić information content (AvgIpc) is 2.81. The van der Waals surface area contributed by atoms with Gasteiger partial charge in [0.25, 0.3) is 0 Å². The standard InChI is InChI=1S/C14H8FNO3/c15-10-5-6-11-12(7-10)19-13(16-11)8-1-3-9(4-2-8)14(17)18/h1-7H,(H,17,18). The number of aromatic carboxylic acids is 1. The molecule has 19 heavy (non-hydrogen) atoms. The Kier molecular flexibility index (Phi) is 2.52. The monoisotopic (exact) mass is 257 g/mol. The summed E-state index contributed by atoms with van der Waals surface area (Å²) in [5, 5.41) is 8.81. The van der Waals surface area contributed by atoms with Crippen molar-refractivity contribution in [3.63, 3.8) is 0 Å². The van der Waals surface area contributed by atoms with Crippen LogP contribution in [0.2, 0.25) is 0 Å². The topological polar surface area (TPSA) is 63.3 Å². The summed E-state index contributed by atoms with van der Waals surface area (Å²) in [7, 11) is 0. The van der Waals surface area contributed by atoms with Gasteiger partial charge in [-0.1, -0.05) is 0 Å². The minimum atomic E-state index is -0.994. The van der Waals surface area contributed by atoms with Gasteiger partial charge in [-0.15, -0.1) is 0 Å². The smallest absolute Gasteiger partial charge is 0.335 e. The Morgan fingerprint density at radius 3 is 2.58 bits per heavy atom. The van der Waals surface area contributed by atoms with E-state index in [9.17, 15) is 9.18 Å². The highest BCUT2D eigenvalue weighted by molar-refractivity contribution is 5.88. The van der Waals surface area contributed by atoms with Crippen molar-refractivity contribution >= 4 is 17.1 Å². The summed E-state index contributed by atoms with van der Waals surface area (Å²) in [6.07, 6.45) is 0. The SMILES string of the molecule is O=C(O)c1ccc(-c2nc3ccc(F)cc3o2)cc1. The fraction of sp³-hybridized carbons (Fsp3) is 0. The number of benzene rings is 2. The third-order valence-electron chi connectivity index (χ3n) is 2.73. The van der Waals surface area contributed by atoms with Crippen molar-refractivity contribution in [1.29, 1.82) is 0 Å². The van der Waals surface area contributed by atoms with Crippen LogP contribution in [0.1, 0.15) is 10.4 Å². The Morgan fingerprint density at radius 1 is 1.16 bits per heavy atom. The van der Waals surface area contributed by atoms with Gasteiger partial charge in [-0.2, -0.15) is 0 Å². The number of fused-ring (bicyclic) bond motifs is 1. The van der Waals surface area contributed by atoms with E-state index in [1.165, 1.54) is 30.3 Å². The highest BCUT2D eigenvalue weighted by Crippen LogP contribution is 2.24. The highest BCUT2D eigenvalue weighted by Gasteiger charge is 2.10. The largest absolute Gasteiger partial charge is 0.478 e. The number of halogens is 1. The van der Waals surface area contributed by atoms with Gasteiger partial charge in [0.1, 0.15) is 11.3 Å². The number of carboxylic acid groups (broad SMARTS) is 1. The van der Waals surface area contributed by atoms with Gasteiger partial charge in [-0.3, -0.25) is 0 Å². The van der Waals surface area contributed by atoms with E-state index in [0.29, 0.717) is 22.6 Å². The van der Waals surface area contributed by atoms with Crippen LogP contribution >= 0.6 is 0 Å². The lowest BCUT2D eigenvalue weighted by Crippen LogP contribution is -1.94. The zero-order valence-corrected chi connectivity index (χ0v) is 9.63. The van der Waals surface area contributed by atoms with Crippen LogP contribution in [-0.2, 0) is 0 Å². The molecule has 3 aromatic rings. The molecule has 0 atom stereocenters. The van der Waals surface area contributed by atoms with Crippen LogP contribution in [0.3, 0.4) is 0 Å². The van der Waals surface area contributed by atoms with Crippen LogP contribution in [0.25, 0.3) is 22.6 Å². The molecule has 3 rings (SSSR count). The summed E-state index contributed by atoms with van der Waals surface area (Å²) < 4.78 is 18.5. The van der Waals surface area contributed by atoms with Gasteiger partial charge in [0.15, 0.2) is 5.58 Å². The molecule has 94 valence electrons. The van der Waals surface area contributed by atoms with Crippen LogP contribution in [0.15, 0.2) is 46.9 Å². The first-order valence-corrected chi connectivity index (χ1v) is 5.53. The molecule has 0 radical (unpaired) electrons. The maximum Gasteiger partial charge on any atom is 0.335 e. The second-order valence-electron chi connectivity index (χ2n) is 4.01. The lowest BCUT2D eigenvalue weighted by molar-refractivity contribution is 0.0697. The molecule has 0 aliphatic carbocycles. The van der Waals surface area contributed by atoms with Crippen molar-refractivity contribution in [3.05, 3.63) is 53.8 Å². The van der Waals surface area contributed by atoms with E-state index in [1.54, 1.807) is 12.1 Å². The van der Waals surface area contributed by atoms with Gasteiger partial charge in [0.2, 0.25) is 5.89 Å². The molecule has 0 aliphatic heterocycles. The molecule has 0 saturated heterocycles. The maximum atomic E-state index is 13.0. The summed E-state index contributed by atoms with van der Waals surface area (Å²) in [5.74, 6) is -1.06. The Labute approximate surface area is 107 Å². The number of hydrogen-bond donors (Lipinski definition) is 1. The number of nitrogens with zero attached hydrogens (tertiary/aromatic N) is 1. The van der Waals surface area contributed by atoms with E-state index in [0.717, 1.165) is 0 Å². The minimum absolute atomic E-state index is 0.186. The van der Waals surface area contributed by atoms with Crippen molar-refractivity contribution < 1.29 is 18.7 Å². The van der Waals surface area contributed by atoms with Crippen LogP contribution in [-0.4, -0.2) is 16.1 Å². The molecular formula is C14H8FNO3. The van der Waals surface area contributed by atoms with E-state index in [4.69, 9.17) is 9.52 Å². The lowest BCUT2D eigenvalue weighted by Gasteiger charge is -1.96. The molecular weight excluding hydrogens is 249 g/mol. The zero-order chi connectivity index (χ0) is 13.4. The van der Waals surface area contributed by atoms with Gasteiger partial charge >= 0.3 is 5.97 Å². The molecule has 0 unspecified atom stereocenters. The third kappa shape index (κ3) is 2.06. The van der Waals surface area contributed by atoms with E-state index in [2.05, 4.69) is 4.98 Å². The number of carbonyl (C=O) groups is 1. The van der Waals surface area contributed by atoms with Gasteiger partial charge < -0.3 is 9.52 Å². The first-order chi connectivity index (χ1) is 9.13. The van der Waals surface area contributed by atoms with Crippen LogP contribution in [0, 0.1) is 5.82 Å². The summed E-state index contributed by atoms with van der Waals surface area (Å²) in [5.41, 5.74) is 1.74. The van der Waals surface area contributed by atoms with Crippen LogP contribution < -0.4 is 0 Å². The van der Waals surface area contributed by atoms with Crippen molar-refractivity contribution in [3.8, 4) is 11.5 Å². The van der Waals surface area contributed by atoms with E-state index >= 15 is 0 Å². The fourth-order valence-electron chi connectivity index (χ4n) is 1.78. The van der Waals surface area contributed by atoms with Crippen molar-refractivity contribution in [1.82, 2.24) is 4.98 Å². The molecule has 1 heterocycles. The first-order valence-electron chi connectivity index (χ1n) is 5.53. The predicted octanol–water partition coefficient (Wildman–Crippen LogP) is 3.33. The molecule has 1 N–H and O–H groups in total. The Hall–Kier alpha value is -2.69. The van der Waals surface area contributed by atoms with Crippen molar-refractivity contribution in [2.45, 2.75) is 0 Å². The molecule has 0 aliphatic rings. The van der Waals surface area contributed by atoms with E-state index in [-0.39, 0.29) is 5.56 Å². The number of hydrogen-bond acceptors (Lipinski definition) is 3. The molecule has 5 heteroatoms. The molecule has 2 aromatic carbocycles. The number of carboxylic acids is 1. The van der Waals surface area contributed by atoms with Crippen molar-refractivity contribution in [2.24, 2.45) is 0 Å². The number of oxazole rings is 1. The molecule has 4 nitrogen and oxygen atoms in total. The Balaban J connectivity index is 2.06. The van der Waals surface area contributed by atoms with E-state index in [1.807, 2.05) is 0 Å². The lowest BCUT2D eigenvalue weighted by atomic mass is 10.1. The second-order valence-corrected chi connectivity index (χ2v) is 4.01. The van der Waals surface area contributed by atoms with Crippen LogP contribution in [0.5, 0.6) is 0 Å². The Bertz CT molecular complexity index is 762. The van der Waals surface area contributed by atoms with Gasteiger partial charge in [0, 0.05) is 11.6 Å². The van der Waals surface area contributed by atoms with Crippen LogP contribution in [0.4, 0.5) is 4.39 Å². The zero-order valence-electron chi connectivity index (χ0n) is 9.63. The molecule has 1 aromatic heterocycles. The van der Waals surface area contributed by atoms with Gasteiger partial charge in [0.05, 0.1) is 5.56 Å².